The van der Waals surface area contributed by atoms with Crippen molar-refractivity contribution in [1.82, 2.24) is 9.55 Å². The second-order valence-corrected chi connectivity index (χ2v) is 10.4. The van der Waals surface area contributed by atoms with E-state index >= 15 is 0 Å². The largest absolute Gasteiger partial charge is 0.309 e. The van der Waals surface area contributed by atoms with Gasteiger partial charge in [0.25, 0.3) is 0 Å². The van der Waals surface area contributed by atoms with Crippen LogP contribution in [0.25, 0.3) is 61.0 Å². The number of hydrogen-bond donors (Lipinski definition) is 0. The molecule has 0 fully saturated rings. The van der Waals surface area contributed by atoms with Crippen LogP contribution in [-0.2, 0) is 12.8 Å². The first-order chi connectivity index (χ1) is 19.3. The summed E-state index contributed by atoms with van der Waals surface area (Å²) in [6.45, 7) is 0. The highest BCUT2D eigenvalue weighted by Gasteiger charge is 2.26. The number of pyridine rings is 1. The molecule has 0 unspecified atom stereocenters. The fourth-order valence-corrected chi connectivity index (χ4v) is 6.27. The van der Waals surface area contributed by atoms with Gasteiger partial charge < -0.3 is 4.57 Å². The monoisotopic (exact) mass is 498 g/mol. The molecule has 5 aromatic carbocycles. The highest BCUT2D eigenvalue weighted by atomic mass is 15.0. The fourth-order valence-electron chi connectivity index (χ4n) is 6.27. The molecule has 0 aliphatic heterocycles. The zero-order chi connectivity index (χ0) is 25.8. The van der Waals surface area contributed by atoms with E-state index in [1.807, 2.05) is 12.3 Å². The van der Waals surface area contributed by atoms with Crippen molar-refractivity contribution < 1.29 is 0 Å². The molecule has 0 bridgehead atoms. The van der Waals surface area contributed by atoms with Crippen LogP contribution in [0.1, 0.15) is 11.1 Å². The molecular formula is C37H26N2. The summed E-state index contributed by atoms with van der Waals surface area (Å²) in [6, 6.07) is 46.2. The molecule has 7 aromatic rings. The number of benzene rings is 5. The lowest BCUT2D eigenvalue weighted by Gasteiger charge is -2.21. The lowest BCUT2D eigenvalue weighted by atomic mass is 9.87. The zero-order valence-electron chi connectivity index (χ0n) is 21.5. The number of aromatic nitrogens is 2. The molecule has 1 aliphatic carbocycles. The average molecular weight is 499 g/mol. The van der Waals surface area contributed by atoms with Gasteiger partial charge >= 0.3 is 0 Å². The Morgan fingerprint density at radius 2 is 1.33 bits per heavy atom. The molecule has 0 spiro atoms. The Morgan fingerprint density at radius 1 is 0.564 bits per heavy atom. The first-order valence-electron chi connectivity index (χ1n) is 13.6. The Morgan fingerprint density at radius 3 is 2.21 bits per heavy atom. The van der Waals surface area contributed by atoms with Crippen molar-refractivity contribution in [3.63, 3.8) is 0 Å². The number of hydrogen-bond acceptors (Lipinski definition) is 1. The Kier molecular flexibility index (Phi) is 4.99. The molecular weight excluding hydrogens is 472 g/mol. The summed E-state index contributed by atoms with van der Waals surface area (Å²) in [7, 11) is 0. The topological polar surface area (TPSA) is 17.8 Å². The van der Waals surface area contributed by atoms with E-state index in [1.165, 1.54) is 66.4 Å². The predicted molar refractivity (Wildman–Crippen MR) is 162 cm³/mol. The van der Waals surface area contributed by atoms with Crippen LogP contribution in [0.4, 0.5) is 0 Å². The van der Waals surface area contributed by atoms with Crippen molar-refractivity contribution in [1.29, 1.82) is 0 Å². The van der Waals surface area contributed by atoms with Crippen LogP contribution >= 0.6 is 0 Å². The molecule has 0 radical (unpaired) electrons. The Balaban J connectivity index is 1.36. The molecule has 2 nitrogen and oxygen atoms in total. The van der Waals surface area contributed by atoms with Crippen LogP contribution < -0.4 is 0 Å². The molecule has 0 saturated carbocycles. The lowest BCUT2D eigenvalue weighted by Crippen LogP contribution is -2.07. The zero-order valence-corrected chi connectivity index (χ0v) is 21.5. The van der Waals surface area contributed by atoms with E-state index in [1.54, 1.807) is 0 Å². The predicted octanol–water partition coefficient (Wildman–Crippen LogP) is 9.28. The van der Waals surface area contributed by atoms with Crippen molar-refractivity contribution in [2.75, 3.05) is 0 Å². The molecule has 8 rings (SSSR count). The highest BCUT2D eigenvalue weighted by molar-refractivity contribution is 5.98. The molecule has 1 aliphatic rings. The van der Waals surface area contributed by atoms with Crippen LogP contribution in [0.2, 0.25) is 0 Å². The maximum Gasteiger partial charge on any atom is 0.0702 e. The summed E-state index contributed by atoms with van der Waals surface area (Å²) in [5, 5.41) is 3.88. The summed E-state index contributed by atoms with van der Waals surface area (Å²) in [4.78, 5) is 4.59. The number of fused-ring (bicyclic) bond motifs is 6. The number of para-hydroxylation sites is 1. The number of aryl methyl sites for hydroxylation is 2. The molecule has 2 heteroatoms. The second kappa shape index (κ2) is 8.82. The van der Waals surface area contributed by atoms with Gasteiger partial charge in [0.2, 0.25) is 0 Å². The average Bonchev–Trinajstić information content (AvgIpc) is 3.35. The summed E-state index contributed by atoms with van der Waals surface area (Å²) < 4.78 is 2.48. The summed E-state index contributed by atoms with van der Waals surface area (Å²) in [5.41, 5.74) is 12.6. The van der Waals surface area contributed by atoms with E-state index in [0.29, 0.717) is 0 Å². The molecule has 39 heavy (non-hydrogen) atoms. The fraction of sp³-hybridized carbons (Fsp3) is 0.0541. The first-order valence-corrected chi connectivity index (χ1v) is 13.6. The number of rotatable bonds is 3. The molecule has 0 amide bonds. The normalized spacial score (nSPS) is 12.4. The third-order valence-electron chi connectivity index (χ3n) is 8.14. The van der Waals surface area contributed by atoms with Gasteiger partial charge in [-0.05, 0) is 88.3 Å². The Bertz CT molecular complexity index is 2000. The van der Waals surface area contributed by atoms with Crippen molar-refractivity contribution in [3.05, 3.63) is 145 Å². The molecule has 2 heterocycles. The Labute approximate surface area is 227 Å². The first kappa shape index (κ1) is 22.1. The van der Waals surface area contributed by atoms with E-state index in [4.69, 9.17) is 0 Å². The highest BCUT2D eigenvalue weighted by Crippen LogP contribution is 2.43. The third kappa shape index (κ3) is 3.60. The molecule has 184 valence electrons. The van der Waals surface area contributed by atoms with Crippen molar-refractivity contribution in [2.24, 2.45) is 0 Å². The van der Waals surface area contributed by atoms with Gasteiger partial charge in [-0.3, -0.25) is 4.98 Å². The van der Waals surface area contributed by atoms with Crippen molar-refractivity contribution in [2.45, 2.75) is 12.8 Å². The van der Waals surface area contributed by atoms with Gasteiger partial charge in [0.1, 0.15) is 0 Å². The van der Waals surface area contributed by atoms with Crippen molar-refractivity contribution >= 4 is 21.7 Å². The van der Waals surface area contributed by atoms with Gasteiger partial charge in [0.15, 0.2) is 0 Å². The number of nitrogens with zero attached hydrogens (tertiary/aromatic N) is 2. The smallest absolute Gasteiger partial charge is 0.0702 e. The van der Waals surface area contributed by atoms with Gasteiger partial charge in [-0.1, -0.05) is 84.9 Å². The van der Waals surface area contributed by atoms with Crippen LogP contribution in [0.15, 0.2) is 134 Å². The van der Waals surface area contributed by atoms with Crippen molar-refractivity contribution in [3.8, 4) is 39.3 Å². The molecule has 0 N–H and O–H groups in total. The second-order valence-electron chi connectivity index (χ2n) is 10.4. The summed E-state index contributed by atoms with van der Waals surface area (Å²) in [6.07, 6.45) is 3.93. The summed E-state index contributed by atoms with van der Waals surface area (Å²) in [5.74, 6) is 0. The van der Waals surface area contributed by atoms with Gasteiger partial charge in [-0.25, -0.2) is 0 Å². The van der Waals surface area contributed by atoms with Gasteiger partial charge in [-0.2, -0.15) is 0 Å². The van der Waals surface area contributed by atoms with E-state index in [0.717, 1.165) is 18.5 Å². The SMILES string of the molecule is c1ccc(-n2c3c(c4ccc(-c5ccc6ccccc6c5)cc42)CCc2cc(-c4ccccn4)ccc2-3)cc1. The lowest BCUT2D eigenvalue weighted by molar-refractivity contribution is 0.934. The van der Waals surface area contributed by atoms with Crippen LogP contribution in [0, 0.1) is 0 Å². The minimum Gasteiger partial charge on any atom is -0.309 e. The Hall–Kier alpha value is -4.95. The van der Waals surface area contributed by atoms with Gasteiger partial charge in [0.05, 0.1) is 16.9 Å². The van der Waals surface area contributed by atoms with E-state index in [9.17, 15) is 0 Å². The minimum atomic E-state index is 1.02. The molecule has 0 saturated heterocycles. The standard InChI is InChI=1S/C37H26N2/c1-2-10-31(11-3-1)39-36-24-28(27-14-13-25-8-4-5-9-26(25)22-27)15-19-33(36)34-20-16-29-23-30(17-18-32(29)37(34)39)35-12-6-7-21-38-35/h1-15,17-19,21-24H,16,20H2. The van der Waals surface area contributed by atoms with E-state index in [-0.39, 0.29) is 0 Å². The van der Waals surface area contributed by atoms with Crippen LogP contribution in [-0.4, -0.2) is 9.55 Å². The third-order valence-corrected chi connectivity index (χ3v) is 8.14. The van der Waals surface area contributed by atoms with Crippen LogP contribution in [0.3, 0.4) is 0 Å². The summed E-state index contributed by atoms with van der Waals surface area (Å²) >= 11 is 0. The minimum absolute atomic E-state index is 1.02. The van der Waals surface area contributed by atoms with Crippen LogP contribution in [0.5, 0.6) is 0 Å². The molecule has 2 aromatic heterocycles. The van der Waals surface area contributed by atoms with E-state index in [2.05, 4.69) is 131 Å². The maximum atomic E-state index is 4.59. The quantitative estimate of drug-likeness (QED) is 0.237. The molecule has 0 atom stereocenters. The van der Waals surface area contributed by atoms with E-state index < -0.39 is 0 Å². The van der Waals surface area contributed by atoms with Gasteiger partial charge in [0, 0.05) is 28.4 Å². The van der Waals surface area contributed by atoms with Gasteiger partial charge in [-0.15, -0.1) is 0 Å². The maximum absolute atomic E-state index is 4.59.